The SMILES string of the molecule is Cc1c(Cl)cccc1N1CC(c2nc(-c3ccccc3Cl)no2)CC1=O. The first-order valence-electron chi connectivity index (χ1n) is 8.18. The molecular formula is C19H15Cl2N3O2. The Morgan fingerprint density at radius 2 is 1.88 bits per heavy atom. The molecule has 1 aliphatic heterocycles. The minimum Gasteiger partial charge on any atom is -0.339 e. The molecule has 0 N–H and O–H groups in total. The monoisotopic (exact) mass is 387 g/mol. The predicted octanol–water partition coefficient (Wildman–Crippen LogP) is 4.87. The number of nitrogens with zero attached hydrogens (tertiary/aromatic N) is 3. The molecule has 132 valence electrons. The van der Waals surface area contributed by atoms with Crippen LogP contribution in [0.2, 0.25) is 10.0 Å². The molecule has 0 bridgehead atoms. The maximum atomic E-state index is 12.5. The summed E-state index contributed by atoms with van der Waals surface area (Å²) >= 11 is 12.4. The van der Waals surface area contributed by atoms with E-state index in [1.165, 1.54) is 0 Å². The van der Waals surface area contributed by atoms with Crippen LogP contribution in [0.4, 0.5) is 5.69 Å². The smallest absolute Gasteiger partial charge is 0.232 e. The van der Waals surface area contributed by atoms with Crippen molar-refractivity contribution < 1.29 is 9.32 Å². The molecule has 7 heteroatoms. The van der Waals surface area contributed by atoms with Gasteiger partial charge >= 0.3 is 0 Å². The number of amides is 1. The number of carbonyl (C=O) groups excluding carboxylic acids is 1. The zero-order valence-electron chi connectivity index (χ0n) is 13.9. The highest BCUT2D eigenvalue weighted by Crippen LogP contribution is 2.35. The average molecular weight is 388 g/mol. The fourth-order valence-electron chi connectivity index (χ4n) is 3.15. The van der Waals surface area contributed by atoms with Gasteiger partial charge in [0.2, 0.25) is 17.6 Å². The van der Waals surface area contributed by atoms with Gasteiger partial charge in [-0.25, -0.2) is 0 Å². The second-order valence-electron chi connectivity index (χ2n) is 6.23. The van der Waals surface area contributed by atoms with Gasteiger partial charge in [0.1, 0.15) is 0 Å². The van der Waals surface area contributed by atoms with Gasteiger partial charge in [-0.3, -0.25) is 4.79 Å². The number of aromatic nitrogens is 2. The van der Waals surface area contributed by atoms with E-state index in [1.54, 1.807) is 11.0 Å². The van der Waals surface area contributed by atoms with Gasteiger partial charge in [0.05, 0.1) is 10.9 Å². The fraction of sp³-hybridized carbons (Fsp3) is 0.211. The van der Waals surface area contributed by atoms with Gasteiger partial charge in [-0.05, 0) is 36.8 Å². The fourth-order valence-corrected chi connectivity index (χ4v) is 3.54. The van der Waals surface area contributed by atoms with Crippen molar-refractivity contribution in [2.75, 3.05) is 11.4 Å². The van der Waals surface area contributed by atoms with Crippen LogP contribution in [0.1, 0.15) is 23.8 Å². The second kappa shape index (κ2) is 6.74. The van der Waals surface area contributed by atoms with E-state index < -0.39 is 0 Å². The Labute approximate surface area is 160 Å². The van der Waals surface area contributed by atoms with Crippen molar-refractivity contribution >= 4 is 34.8 Å². The summed E-state index contributed by atoms with van der Waals surface area (Å²) in [4.78, 5) is 18.7. The highest BCUT2D eigenvalue weighted by Gasteiger charge is 2.36. The van der Waals surface area contributed by atoms with Crippen LogP contribution in [0.15, 0.2) is 47.0 Å². The van der Waals surface area contributed by atoms with Gasteiger partial charge in [-0.15, -0.1) is 0 Å². The maximum Gasteiger partial charge on any atom is 0.232 e. The van der Waals surface area contributed by atoms with Crippen LogP contribution in [0, 0.1) is 6.92 Å². The molecule has 5 nitrogen and oxygen atoms in total. The molecular weight excluding hydrogens is 373 g/mol. The summed E-state index contributed by atoms with van der Waals surface area (Å²) in [5.41, 5.74) is 2.40. The van der Waals surface area contributed by atoms with Gasteiger partial charge in [0.25, 0.3) is 0 Å². The molecule has 1 fully saturated rings. The summed E-state index contributed by atoms with van der Waals surface area (Å²) in [7, 11) is 0. The standard InChI is InChI=1S/C19H15Cl2N3O2/c1-11-14(20)7-4-8-16(11)24-10-12(9-17(24)25)19-22-18(23-26-19)13-5-2-3-6-15(13)21/h2-8,12H,9-10H2,1H3. The Bertz CT molecular complexity index is 986. The third-order valence-corrected chi connectivity index (χ3v) is 5.30. The van der Waals surface area contributed by atoms with Crippen molar-refractivity contribution in [3.63, 3.8) is 0 Å². The Morgan fingerprint density at radius 3 is 2.69 bits per heavy atom. The Morgan fingerprint density at radius 1 is 1.12 bits per heavy atom. The van der Waals surface area contributed by atoms with E-state index in [0.29, 0.717) is 40.3 Å². The molecule has 0 spiro atoms. The summed E-state index contributed by atoms with van der Waals surface area (Å²) in [6.45, 7) is 2.38. The first-order chi connectivity index (χ1) is 12.5. The van der Waals surface area contributed by atoms with Crippen molar-refractivity contribution in [3.8, 4) is 11.4 Å². The average Bonchev–Trinajstić information content (AvgIpc) is 3.25. The summed E-state index contributed by atoms with van der Waals surface area (Å²) < 4.78 is 5.42. The molecule has 1 atom stereocenters. The van der Waals surface area contributed by atoms with E-state index in [4.69, 9.17) is 27.7 Å². The van der Waals surface area contributed by atoms with Crippen LogP contribution in [0.5, 0.6) is 0 Å². The Balaban J connectivity index is 1.60. The zero-order chi connectivity index (χ0) is 18.3. The van der Waals surface area contributed by atoms with Crippen LogP contribution < -0.4 is 4.90 Å². The van der Waals surface area contributed by atoms with Crippen molar-refractivity contribution in [1.29, 1.82) is 0 Å². The van der Waals surface area contributed by atoms with E-state index in [-0.39, 0.29) is 11.8 Å². The number of hydrogen-bond acceptors (Lipinski definition) is 4. The lowest BCUT2D eigenvalue weighted by Crippen LogP contribution is -2.25. The molecule has 0 radical (unpaired) electrons. The molecule has 26 heavy (non-hydrogen) atoms. The van der Waals surface area contributed by atoms with E-state index in [0.717, 1.165) is 11.3 Å². The molecule has 0 saturated carbocycles. The number of halogens is 2. The first kappa shape index (κ1) is 17.1. The number of rotatable bonds is 3. The predicted molar refractivity (Wildman–Crippen MR) is 101 cm³/mol. The zero-order valence-corrected chi connectivity index (χ0v) is 15.5. The van der Waals surface area contributed by atoms with Gasteiger partial charge < -0.3 is 9.42 Å². The van der Waals surface area contributed by atoms with Gasteiger partial charge in [0, 0.05) is 29.2 Å². The van der Waals surface area contributed by atoms with Crippen molar-refractivity contribution in [2.45, 2.75) is 19.3 Å². The molecule has 2 aromatic carbocycles. The summed E-state index contributed by atoms with van der Waals surface area (Å²) in [5, 5.41) is 5.22. The number of anilines is 1. The molecule has 1 aromatic heterocycles. The normalized spacial score (nSPS) is 17.1. The molecule has 3 aromatic rings. The lowest BCUT2D eigenvalue weighted by molar-refractivity contribution is -0.117. The maximum absolute atomic E-state index is 12.5. The van der Waals surface area contributed by atoms with Crippen LogP contribution in [0.3, 0.4) is 0 Å². The Hall–Kier alpha value is -2.37. The van der Waals surface area contributed by atoms with Crippen molar-refractivity contribution in [3.05, 3.63) is 64.0 Å². The van der Waals surface area contributed by atoms with Gasteiger partial charge in [-0.1, -0.05) is 46.6 Å². The molecule has 1 unspecified atom stereocenters. The van der Waals surface area contributed by atoms with Crippen LogP contribution in [-0.4, -0.2) is 22.6 Å². The quantitative estimate of drug-likeness (QED) is 0.642. The van der Waals surface area contributed by atoms with Crippen molar-refractivity contribution in [1.82, 2.24) is 10.1 Å². The van der Waals surface area contributed by atoms with Crippen LogP contribution >= 0.6 is 23.2 Å². The minimum atomic E-state index is -0.162. The number of hydrogen-bond donors (Lipinski definition) is 0. The van der Waals surface area contributed by atoms with Crippen LogP contribution in [-0.2, 0) is 4.79 Å². The van der Waals surface area contributed by atoms with E-state index in [9.17, 15) is 4.79 Å². The summed E-state index contributed by atoms with van der Waals surface area (Å²) in [5.74, 6) is 0.716. The van der Waals surface area contributed by atoms with Crippen LogP contribution in [0.25, 0.3) is 11.4 Å². The highest BCUT2D eigenvalue weighted by molar-refractivity contribution is 6.33. The lowest BCUT2D eigenvalue weighted by Gasteiger charge is -2.19. The number of carbonyl (C=O) groups is 1. The highest BCUT2D eigenvalue weighted by atomic mass is 35.5. The molecule has 1 aliphatic rings. The van der Waals surface area contributed by atoms with Crippen molar-refractivity contribution in [2.24, 2.45) is 0 Å². The summed E-state index contributed by atoms with van der Waals surface area (Å²) in [6.07, 6.45) is 0.316. The van der Waals surface area contributed by atoms with Gasteiger partial charge in [0.15, 0.2) is 0 Å². The Kier molecular flexibility index (Phi) is 4.42. The molecule has 0 aliphatic carbocycles. The third-order valence-electron chi connectivity index (χ3n) is 4.56. The lowest BCUT2D eigenvalue weighted by atomic mass is 10.1. The number of benzene rings is 2. The van der Waals surface area contributed by atoms with E-state index in [1.807, 2.05) is 43.3 Å². The third kappa shape index (κ3) is 2.97. The topological polar surface area (TPSA) is 59.2 Å². The molecule has 2 heterocycles. The summed E-state index contributed by atoms with van der Waals surface area (Å²) in [6, 6.07) is 12.9. The van der Waals surface area contributed by atoms with E-state index >= 15 is 0 Å². The van der Waals surface area contributed by atoms with E-state index in [2.05, 4.69) is 10.1 Å². The molecule has 1 saturated heterocycles. The molecule has 4 rings (SSSR count). The largest absolute Gasteiger partial charge is 0.339 e. The molecule has 1 amide bonds. The second-order valence-corrected chi connectivity index (χ2v) is 7.04. The minimum absolute atomic E-state index is 0.0119. The first-order valence-corrected chi connectivity index (χ1v) is 8.94. The van der Waals surface area contributed by atoms with Gasteiger partial charge in [-0.2, -0.15) is 4.98 Å².